The van der Waals surface area contributed by atoms with E-state index >= 15 is 0 Å². The molecule has 5 fully saturated rings. The monoisotopic (exact) mass is 394 g/mol. The van der Waals surface area contributed by atoms with Crippen LogP contribution in [0.5, 0.6) is 0 Å². The van der Waals surface area contributed by atoms with E-state index in [9.17, 15) is 22.1 Å². The number of carbonyl (C=O) groups excluding carboxylic acids is 1. The van der Waals surface area contributed by atoms with Gasteiger partial charge in [0.2, 0.25) is 0 Å². The Bertz CT molecular complexity index is 554. The van der Waals surface area contributed by atoms with Gasteiger partial charge in [0.1, 0.15) is 6.10 Å². The molecule has 3 aliphatic heterocycles. The number of fused-ring (bicyclic) bond motifs is 5. The summed E-state index contributed by atoms with van der Waals surface area (Å²) < 4.78 is 46.1. The molecule has 5 rings (SSSR count). The molecule has 0 amide bonds. The number of nitrogens with zero attached hydrogens (tertiary/aromatic N) is 2. The van der Waals surface area contributed by atoms with Crippen LogP contribution in [0.1, 0.15) is 40.0 Å². The van der Waals surface area contributed by atoms with Crippen LogP contribution in [0.2, 0.25) is 0 Å². The molecule has 2 saturated carbocycles. The molecule has 3 atom stereocenters. The topological polar surface area (TPSA) is 29.5 Å². The summed E-state index contributed by atoms with van der Waals surface area (Å²) in [7, 11) is -6.00. The van der Waals surface area contributed by atoms with E-state index < -0.39 is 7.25 Å². The van der Waals surface area contributed by atoms with Gasteiger partial charge in [-0.2, -0.15) is 0 Å². The Morgan fingerprint density at radius 2 is 1.63 bits per heavy atom. The van der Waals surface area contributed by atoms with E-state index in [1.54, 1.807) is 0 Å². The van der Waals surface area contributed by atoms with E-state index in [0.29, 0.717) is 6.54 Å². The SMILES string of the molecule is CC1(C)[C@H]2CC[C@](C)(C2)[C@H]1OC(=O)C[N+]12CCN(CC1)CC2.F[B-](F)(F)F. The molecule has 0 aromatic heterocycles. The Morgan fingerprint density at radius 1 is 1.11 bits per heavy atom. The number of esters is 1. The summed E-state index contributed by atoms with van der Waals surface area (Å²) in [5, 5.41) is 0. The summed E-state index contributed by atoms with van der Waals surface area (Å²) in [6.45, 7) is 14.4. The van der Waals surface area contributed by atoms with Crippen LogP contribution in [0.4, 0.5) is 17.3 Å². The second kappa shape index (κ2) is 6.90. The molecule has 4 nitrogen and oxygen atoms in total. The van der Waals surface area contributed by atoms with Crippen LogP contribution in [-0.4, -0.2) is 74.5 Å². The smallest absolute Gasteiger partial charge is 0.457 e. The van der Waals surface area contributed by atoms with Gasteiger partial charge in [0.05, 0.1) is 19.6 Å². The van der Waals surface area contributed by atoms with E-state index in [2.05, 4.69) is 25.7 Å². The lowest BCUT2D eigenvalue weighted by Gasteiger charge is -2.50. The van der Waals surface area contributed by atoms with Crippen molar-refractivity contribution in [2.24, 2.45) is 16.7 Å². The van der Waals surface area contributed by atoms with Crippen molar-refractivity contribution in [2.75, 3.05) is 45.8 Å². The van der Waals surface area contributed by atoms with Crippen molar-refractivity contribution in [3.05, 3.63) is 0 Å². The highest BCUT2D eigenvalue weighted by molar-refractivity contribution is 6.50. The third-order valence-corrected chi connectivity index (χ3v) is 7.52. The molecule has 156 valence electrons. The van der Waals surface area contributed by atoms with Crippen molar-refractivity contribution >= 4 is 13.2 Å². The van der Waals surface area contributed by atoms with Gasteiger partial charge in [-0.25, -0.2) is 4.79 Å². The van der Waals surface area contributed by atoms with Crippen molar-refractivity contribution in [3.63, 3.8) is 0 Å². The van der Waals surface area contributed by atoms with Gasteiger partial charge >= 0.3 is 13.2 Å². The maximum Gasteiger partial charge on any atom is 0.673 e. The Labute approximate surface area is 158 Å². The normalized spacial score (nSPS) is 41.8. The van der Waals surface area contributed by atoms with Gasteiger partial charge in [-0.15, -0.1) is 0 Å². The fourth-order valence-corrected chi connectivity index (χ4v) is 5.96. The predicted molar refractivity (Wildman–Crippen MR) is 95.5 cm³/mol. The summed E-state index contributed by atoms with van der Waals surface area (Å²) in [6, 6.07) is 0. The molecule has 2 aliphatic carbocycles. The molecule has 5 aliphatic rings. The van der Waals surface area contributed by atoms with Crippen LogP contribution in [0.3, 0.4) is 0 Å². The lowest BCUT2D eigenvalue weighted by atomic mass is 9.70. The average Bonchev–Trinajstić information content (AvgIpc) is 3.02. The number of ether oxygens (including phenoxy) is 1. The van der Waals surface area contributed by atoms with Gasteiger partial charge in [0.15, 0.2) is 6.54 Å². The summed E-state index contributed by atoms with van der Waals surface area (Å²) in [5.74, 6) is 0.795. The molecule has 0 unspecified atom stereocenters. The van der Waals surface area contributed by atoms with E-state index in [1.165, 1.54) is 19.3 Å². The molecule has 3 saturated heterocycles. The average molecular weight is 394 g/mol. The first-order valence-corrected chi connectivity index (χ1v) is 9.97. The lowest BCUT2D eigenvalue weighted by molar-refractivity contribution is -0.934. The molecule has 9 heteroatoms. The second-order valence-corrected chi connectivity index (χ2v) is 9.79. The molecule has 3 heterocycles. The molecule has 0 aromatic carbocycles. The molecular weight excluding hydrogens is 363 g/mol. The maximum atomic E-state index is 12.7. The maximum absolute atomic E-state index is 12.7. The summed E-state index contributed by atoms with van der Waals surface area (Å²) >= 11 is 0. The fraction of sp³-hybridized carbons (Fsp3) is 0.944. The van der Waals surface area contributed by atoms with Crippen LogP contribution in [0.25, 0.3) is 0 Å². The molecular formula is C18H31BF4N2O2. The fourth-order valence-electron chi connectivity index (χ4n) is 5.96. The van der Waals surface area contributed by atoms with Crippen molar-refractivity contribution in [1.29, 1.82) is 0 Å². The predicted octanol–water partition coefficient (Wildman–Crippen LogP) is 3.19. The molecule has 0 spiro atoms. The molecule has 0 N–H and O–H groups in total. The van der Waals surface area contributed by atoms with Crippen molar-refractivity contribution in [3.8, 4) is 0 Å². The number of carbonyl (C=O) groups is 1. The highest BCUT2D eigenvalue weighted by Gasteiger charge is 2.61. The number of halogens is 4. The number of piperazine rings is 3. The third kappa shape index (κ3) is 4.44. The number of hydrogen-bond donors (Lipinski definition) is 0. The standard InChI is InChI=1S/C18H31N2O2.BF4/c1-17(2)14-4-5-18(3,12-14)16(17)22-15(21)13-20-9-6-19(7-10-20)8-11-20;2-1(3,4)5/h14,16H,4-13H2,1-3H3;/q+1;-1/t14-,16-,18+;/m0./s1. The van der Waals surface area contributed by atoms with E-state index in [0.717, 1.165) is 49.7 Å². The van der Waals surface area contributed by atoms with E-state index in [4.69, 9.17) is 4.74 Å². The zero-order chi connectivity index (χ0) is 20.1. The molecule has 0 aromatic rings. The minimum atomic E-state index is -6.00. The highest BCUT2D eigenvalue weighted by Crippen LogP contribution is 2.63. The lowest BCUT2D eigenvalue weighted by Crippen LogP contribution is -2.68. The van der Waals surface area contributed by atoms with E-state index in [1.807, 2.05) is 0 Å². The van der Waals surface area contributed by atoms with Gasteiger partial charge in [0, 0.05) is 30.5 Å². The Hall–Kier alpha value is -0.825. The van der Waals surface area contributed by atoms with Gasteiger partial charge < -0.3 is 26.5 Å². The molecule has 27 heavy (non-hydrogen) atoms. The van der Waals surface area contributed by atoms with Gasteiger partial charge in [0.25, 0.3) is 0 Å². The first kappa shape index (κ1) is 20.9. The van der Waals surface area contributed by atoms with Crippen LogP contribution in [0, 0.1) is 16.7 Å². The zero-order valence-corrected chi connectivity index (χ0v) is 16.5. The number of hydrogen-bond acceptors (Lipinski definition) is 3. The first-order chi connectivity index (χ1) is 12.3. The van der Waals surface area contributed by atoms with Crippen LogP contribution in [0.15, 0.2) is 0 Å². The minimum Gasteiger partial charge on any atom is -0.457 e. The van der Waals surface area contributed by atoms with Crippen molar-refractivity contribution < 1.29 is 31.3 Å². The number of rotatable bonds is 3. The largest absolute Gasteiger partial charge is 0.673 e. The van der Waals surface area contributed by atoms with Gasteiger partial charge in [-0.1, -0.05) is 20.8 Å². The summed E-state index contributed by atoms with van der Waals surface area (Å²) in [5.41, 5.74) is 0.383. The van der Waals surface area contributed by atoms with Crippen molar-refractivity contribution in [1.82, 2.24) is 4.90 Å². The summed E-state index contributed by atoms with van der Waals surface area (Å²) in [6.07, 6.45) is 3.91. The van der Waals surface area contributed by atoms with Crippen LogP contribution in [-0.2, 0) is 9.53 Å². The van der Waals surface area contributed by atoms with Gasteiger partial charge in [-0.3, -0.25) is 4.90 Å². The molecule has 4 bridgehead atoms. The Balaban J connectivity index is 0.000000376. The van der Waals surface area contributed by atoms with E-state index in [-0.39, 0.29) is 22.9 Å². The zero-order valence-electron chi connectivity index (χ0n) is 16.5. The van der Waals surface area contributed by atoms with Crippen LogP contribution < -0.4 is 0 Å². The first-order valence-electron chi connectivity index (χ1n) is 9.97. The van der Waals surface area contributed by atoms with Gasteiger partial charge in [-0.05, 0) is 25.2 Å². The Kier molecular flexibility index (Phi) is 5.34. The number of quaternary nitrogens is 1. The second-order valence-electron chi connectivity index (χ2n) is 9.79. The minimum absolute atomic E-state index is 0.0576. The van der Waals surface area contributed by atoms with Crippen LogP contribution >= 0.6 is 0 Å². The third-order valence-electron chi connectivity index (χ3n) is 7.52. The summed E-state index contributed by atoms with van der Waals surface area (Å²) in [4.78, 5) is 15.2. The Morgan fingerprint density at radius 3 is 2.07 bits per heavy atom. The quantitative estimate of drug-likeness (QED) is 0.319. The molecule has 0 radical (unpaired) electrons. The highest BCUT2D eigenvalue weighted by atomic mass is 19.5. The van der Waals surface area contributed by atoms with Crippen molar-refractivity contribution in [2.45, 2.75) is 46.1 Å².